The van der Waals surface area contributed by atoms with Crippen LogP contribution in [0.4, 0.5) is 10.5 Å². The first-order chi connectivity index (χ1) is 20.1. The van der Waals surface area contributed by atoms with Gasteiger partial charge in [0.25, 0.3) is 0 Å². The molecule has 1 unspecified atom stereocenters. The van der Waals surface area contributed by atoms with E-state index in [1.165, 1.54) is 0 Å². The highest BCUT2D eigenvalue weighted by Gasteiger charge is 2.27. The number of furan rings is 1. The van der Waals surface area contributed by atoms with Crippen LogP contribution in [0.15, 0.2) is 59.2 Å². The lowest BCUT2D eigenvalue weighted by Crippen LogP contribution is -2.48. The number of carbonyl (C=O) groups is 2. The number of methoxy groups -OCH3 is 2. The summed E-state index contributed by atoms with van der Waals surface area (Å²) >= 11 is 0. The first kappa shape index (κ1) is 32.6. The summed E-state index contributed by atoms with van der Waals surface area (Å²) < 4.78 is 16.4. The first-order valence-corrected chi connectivity index (χ1v) is 14.8. The van der Waals surface area contributed by atoms with Crippen molar-refractivity contribution in [2.75, 3.05) is 32.6 Å². The SMILES string of the molecule is CCC(C)N(CC(=O)N(CCc1ccc(OC)c(OC)c1)Cc1ccco1)C(=O)Nc1c(C(C)C)cccc1C(C)C. The molecule has 1 N–H and O–H groups in total. The fraction of sp³-hybridized carbons (Fsp3) is 0.471. The monoisotopic (exact) mass is 577 g/mol. The Kier molecular flexibility index (Phi) is 11.9. The second-order valence-electron chi connectivity index (χ2n) is 11.3. The third kappa shape index (κ3) is 8.30. The van der Waals surface area contributed by atoms with E-state index in [-0.39, 0.29) is 36.4 Å². The molecule has 0 spiro atoms. The molecule has 1 heterocycles. The van der Waals surface area contributed by atoms with E-state index < -0.39 is 0 Å². The second kappa shape index (κ2) is 15.3. The molecule has 0 aliphatic rings. The van der Waals surface area contributed by atoms with Crippen LogP contribution in [0.3, 0.4) is 0 Å². The predicted molar refractivity (Wildman–Crippen MR) is 167 cm³/mol. The van der Waals surface area contributed by atoms with E-state index in [1.807, 2.05) is 50.2 Å². The number of hydrogen-bond donors (Lipinski definition) is 1. The lowest BCUT2D eigenvalue weighted by molar-refractivity contribution is -0.133. The number of anilines is 1. The zero-order valence-corrected chi connectivity index (χ0v) is 26.4. The van der Waals surface area contributed by atoms with Crippen LogP contribution in [-0.2, 0) is 17.8 Å². The number of benzene rings is 2. The summed E-state index contributed by atoms with van der Waals surface area (Å²) in [5.74, 6) is 2.29. The molecular formula is C34H47N3O5. The van der Waals surface area contributed by atoms with Crippen molar-refractivity contribution in [2.24, 2.45) is 0 Å². The summed E-state index contributed by atoms with van der Waals surface area (Å²) in [6.07, 6.45) is 2.92. The van der Waals surface area contributed by atoms with Gasteiger partial charge in [-0.15, -0.1) is 0 Å². The Balaban J connectivity index is 1.85. The number of nitrogens with one attached hydrogen (secondary N) is 1. The van der Waals surface area contributed by atoms with Gasteiger partial charge in [0.1, 0.15) is 12.3 Å². The molecule has 228 valence electrons. The number of urea groups is 1. The highest BCUT2D eigenvalue weighted by Crippen LogP contribution is 2.33. The van der Waals surface area contributed by atoms with Gasteiger partial charge in [0.2, 0.25) is 5.91 Å². The topological polar surface area (TPSA) is 84.2 Å². The predicted octanol–water partition coefficient (Wildman–Crippen LogP) is 7.45. The molecule has 0 fully saturated rings. The highest BCUT2D eigenvalue weighted by atomic mass is 16.5. The molecule has 0 bridgehead atoms. The Labute approximate surface area is 251 Å². The minimum absolute atomic E-state index is 0.0473. The van der Waals surface area contributed by atoms with Crippen LogP contribution in [-0.4, -0.2) is 55.1 Å². The highest BCUT2D eigenvalue weighted by molar-refractivity contribution is 5.94. The standard InChI is InChI=1S/C34H47N3O5/c1-9-25(6)37(34(39)35-33-28(23(2)3)13-10-14-29(33)24(4)5)22-32(38)36(21-27-12-11-19-42-27)18-17-26-15-16-30(40-7)31(20-26)41-8/h10-16,19-20,23-25H,9,17-18,21-22H2,1-8H3,(H,35,39). The molecule has 0 aliphatic carbocycles. The molecule has 3 amide bonds. The lowest BCUT2D eigenvalue weighted by atomic mass is 9.92. The molecule has 1 atom stereocenters. The van der Waals surface area contributed by atoms with E-state index in [9.17, 15) is 9.59 Å². The van der Waals surface area contributed by atoms with E-state index in [4.69, 9.17) is 13.9 Å². The summed E-state index contributed by atoms with van der Waals surface area (Å²) in [6.45, 7) is 13.2. The average Bonchev–Trinajstić information content (AvgIpc) is 3.50. The Hall–Kier alpha value is -3.94. The van der Waals surface area contributed by atoms with Gasteiger partial charge in [-0.2, -0.15) is 0 Å². The fourth-order valence-electron chi connectivity index (χ4n) is 4.95. The van der Waals surface area contributed by atoms with Crippen LogP contribution in [0.2, 0.25) is 0 Å². The number of ether oxygens (including phenoxy) is 2. The Morgan fingerprint density at radius 2 is 1.57 bits per heavy atom. The van der Waals surface area contributed by atoms with E-state index in [1.54, 1.807) is 30.3 Å². The van der Waals surface area contributed by atoms with Crippen molar-refractivity contribution in [2.45, 2.75) is 78.8 Å². The molecule has 42 heavy (non-hydrogen) atoms. The van der Waals surface area contributed by atoms with E-state index in [0.717, 1.165) is 22.4 Å². The minimum Gasteiger partial charge on any atom is -0.493 e. The van der Waals surface area contributed by atoms with Crippen molar-refractivity contribution in [1.29, 1.82) is 0 Å². The third-order valence-electron chi connectivity index (χ3n) is 7.69. The summed E-state index contributed by atoms with van der Waals surface area (Å²) in [5.41, 5.74) is 4.01. The molecule has 3 rings (SSSR count). The summed E-state index contributed by atoms with van der Waals surface area (Å²) in [5, 5.41) is 3.20. The molecule has 3 aromatic rings. The molecule has 8 heteroatoms. The number of para-hydroxylation sites is 1. The Morgan fingerprint density at radius 1 is 0.905 bits per heavy atom. The Morgan fingerprint density at radius 3 is 2.12 bits per heavy atom. The van der Waals surface area contributed by atoms with Crippen LogP contribution in [0.5, 0.6) is 11.5 Å². The zero-order valence-electron chi connectivity index (χ0n) is 26.4. The number of nitrogens with zero attached hydrogens (tertiary/aromatic N) is 2. The van der Waals surface area contributed by atoms with Gasteiger partial charge in [-0.1, -0.05) is 58.9 Å². The number of rotatable bonds is 14. The molecule has 0 saturated heterocycles. The molecule has 0 radical (unpaired) electrons. The van der Waals surface area contributed by atoms with Crippen LogP contribution < -0.4 is 14.8 Å². The van der Waals surface area contributed by atoms with Crippen LogP contribution in [0, 0.1) is 0 Å². The molecule has 0 saturated carbocycles. The van der Waals surface area contributed by atoms with Gasteiger partial charge < -0.3 is 29.0 Å². The van der Waals surface area contributed by atoms with Crippen molar-refractivity contribution in [3.8, 4) is 11.5 Å². The first-order valence-electron chi connectivity index (χ1n) is 14.8. The maximum atomic E-state index is 13.9. The fourth-order valence-corrected chi connectivity index (χ4v) is 4.95. The van der Waals surface area contributed by atoms with Gasteiger partial charge in [-0.25, -0.2) is 4.79 Å². The van der Waals surface area contributed by atoms with Crippen molar-refractivity contribution < 1.29 is 23.5 Å². The Bertz CT molecular complexity index is 1280. The van der Waals surface area contributed by atoms with Gasteiger partial charge in [0.15, 0.2) is 11.5 Å². The lowest BCUT2D eigenvalue weighted by Gasteiger charge is -2.32. The minimum atomic E-state index is -0.273. The summed E-state index contributed by atoms with van der Waals surface area (Å²) in [4.78, 5) is 31.1. The average molecular weight is 578 g/mol. The molecule has 1 aromatic heterocycles. The number of carbonyl (C=O) groups excluding carboxylic acids is 2. The van der Waals surface area contributed by atoms with Gasteiger partial charge in [0, 0.05) is 18.3 Å². The quantitative estimate of drug-likeness (QED) is 0.215. The summed E-state index contributed by atoms with van der Waals surface area (Å²) in [7, 11) is 3.21. The molecule has 0 aliphatic heterocycles. The van der Waals surface area contributed by atoms with Crippen molar-refractivity contribution in [3.63, 3.8) is 0 Å². The van der Waals surface area contributed by atoms with Crippen molar-refractivity contribution >= 4 is 17.6 Å². The van der Waals surface area contributed by atoms with Crippen LogP contribution >= 0.6 is 0 Å². The number of amides is 3. The van der Waals surface area contributed by atoms with Crippen LogP contribution in [0.25, 0.3) is 0 Å². The summed E-state index contributed by atoms with van der Waals surface area (Å²) in [6, 6.07) is 15.2. The largest absolute Gasteiger partial charge is 0.493 e. The zero-order chi connectivity index (χ0) is 30.8. The van der Waals surface area contributed by atoms with Crippen molar-refractivity contribution in [3.05, 3.63) is 77.2 Å². The maximum Gasteiger partial charge on any atom is 0.322 e. The van der Waals surface area contributed by atoms with E-state index in [2.05, 4.69) is 45.1 Å². The molecule has 8 nitrogen and oxygen atoms in total. The molecule has 2 aromatic carbocycles. The molecular weight excluding hydrogens is 530 g/mol. The number of hydrogen-bond acceptors (Lipinski definition) is 5. The maximum absolute atomic E-state index is 13.9. The van der Waals surface area contributed by atoms with Crippen molar-refractivity contribution in [1.82, 2.24) is 9.80 Å². The van der Waals surface area contributed by atoms with Gasteiger partial charge in [-0.3, -0.25) is 4.79 Å². The van der Waals surface area contributed by atoms with Gasteiger partial charge in [-0.05, 0) is 72.6 Å². The normalized spacial score (nSPS) is 11.9. The smallest absolute Gasteiger partial charge is 0.322 e. The third-order valence-corrected chi connectivity index (χ3v) is 7.69. The second-order valence-corrected chi connectivity index (χ2v) is 11.3. The van der Waals surface area contributed by atoms with Gasteiger partial charge >= 0.3 is 6.03 Å². The van der Waals surface area contributed by atoms with E-state index in [0.29, 0.717) is 43.2 Å². The van der Waals surface area contributed by atoms with Crippen LogP contribution in [0.1, 0.15) is 82.2 Å². The van der Waals surface area contributed by atoms with Gasteiger partial charge in [0.05, 0.1) is 27.0 Å². The van der Waals surface area contributed by atoms with E-state index >= 15 is 0 Å².